The molecule has 1 saturated carbocycles. The van der Waals surface area contributed by atoms with Crippen LogP contribution in [0.25, 0.3) is 0 Å². The minimum absolute atomic E-state index is 0. The van der Waals surface area contributed by atoms with E-state index in [1.54, 1.807) is 11.3 Å². The lowest BCUT2D eigenvalue weighted by Crippen LogP contribution is -2.39. The van der Waals surface area contributed by atoms with Crippen molar-refractivity contribution in [3.8, 4) is 0 Å². The molecule has 1 aromatic rings. The van der Waals surface area contributed by atoms with Crippen LogP contribution in [0.1, 0.15) is 41.8 Å². The first kappa shape index (κ1) is 21.6. The Hall–Kier alpha value is -0.410. The Morgan fingerprint density at radius 3 is 2.71 bits per heavy atom. The van der Waals surface area contributed by atoms with Gasteiger partial charge in [-0.25, -0.2) is 4.98 Å². The molecule has 0 saturated heterocycles. The van der Waals surface area contributed by atoms with E-state index in [0.29, 0.717) is 0 Å². The van der Waals surface area contributed by atoms with Crippen molar-refractivity contribution in [2.75, 3.05) is 33.4 Å². The van der Waals surface area contributed by atoms with Crippen LogP contribution in [0, 0.1) is 12.8 Å². The van der Waals surface area contributed by atoms with E-state index >= 15 is 0 Å². The van der Waals surface area contributed by atoms with Gasteiger partial charge in [-0.3, -0.25) is 4.99 Å². The lowest BCUT2D eigenvalue weighted by Gasteiger charge is -2.11. The lowest BCUT2D eigenvalue weighted by atomic mass is 10.3. The zero-order valence-corrected chi connectivity index (χ0v) is 18.2. The highest BCUT2D eigenvalue weighted by atomic mass is 127. The molecule has 138 valence electrons. The molecule has 0 amide bonds. The smallest absolute Gasteiger partial charge is 0.190 e. The molecule has 1 aromatic heterocycles. The first-order valence-corrected chi connectivity index (χ1v) is 9.52. The molecule has 0 aromatic carbocycles. The van der Waals surface area contributed by atoms with E-state index < -0.39 is 0 Å². The highest BCUT2D eigenvalue weighted by Gasteiger charge is 2.20. The van der Waals surface area contributed by atoms with Gasteiger partial charge in [0.1, 0.15) is 0 Å². The molecule has 24 heavy (non-hydrogen) atoms. The number of ether oxygens (including phenoxy) is 1. The number of hydrogen-bond donors (Lipinski definition) is 2. The van der Waals surface area contributed by atoms with Crippen molar-refractivity contribution in [1.29, 1.82) is 0 Å². The van der Waals surface area contributed by atoms with Crippen LogP contribution in [0.15, 0.2) is 4.99 Å². The fourth-order valence-electron chi connectivity index (χ4n) is 2.35. The molecule has 0 bridgehead atoms. The predicted octanol–water partition coefficient (Wildman–Crippen LogP) is 3.16. The molecule has 0 radical (unpaired) electrons. The summed E-state index contributed by atoms with van der Waals surface area (Å²) in [6, 6.07) is 0. The highest BCUT2D eigenvalue weighted by molar-refractivity contribution is 14.0. The molecule has 1 heterocycles. The van der Waals surface area contributed by atoms with Crippen LogP contribution >= 0.6 is 35.3 Å². The Morgan fingerprint density at radius 2 is 2.08 bits per heavy atom. The van der Waals surface area contributed by atoms with E-state index in [9.17, 15) is 0 Å². The van der Waals surface area contributed by atoms with E-state index in [4.69, 9.17) is 4.74 Å². The number of thiazole rings is 1. The summed E-state index contributed by atoms with van der Waals surface area (Å²) < 4.78 is 5.63. The molecule has 1 fully saturated rings. The van der Waals surface area contributed by atoms with Crippen LogP contribution in [0.4, 0.5) is 0 Å². The van der Waals surface area contributed by atoms with Gasteiger partial charge in [0.05, 0.1) is 10.7 Å². The average Bonchev–Trinajstić information content (AvgIpc) is 3.31. The molecule has 2 N–H and O–H groups in total. The number of aromatic nitrogens is 1. The van der Waals surface area contributed by atoms with Gasteiger partial charge in [0.25, 0.3) is 0 Å². The van der Waals surface area contributed by atoms with Crippen LogP contribution in [-0.2, 0) is 17.6 Å². The molecule has 0 unspecified atom stereocenters. The molecule has 7 heteroatoms. The van der Waals surface area contributed by atoms with Gasteiger partial charge < -0.3 is 15.4 Å². The summed E-state index contributed by atoms with van der Waals surface area (Å²) in [5, 5.41) is 7.88. The highest BCUT2D eigenvalue weighted by Crippen LogP contribution is 2.28. The van der Waals surface area contributed by atoms with Crippen LogP contribution < -0.4 is 10.6 Å². The molecule has 1 aliphatic rings. The number of hydrogen-bond acceptors (Lipinski definition) is 4. The van der Waals surface area contributed by atoms with Crippen LogP contribution in [-0.4, -0.2) is 44.3 Å². The minimum atomic E-state index is 0. The first-order chi connectivity index (χ1) is 11.2. The van der Waals surface area contributed by atoms with E-state index in [-0.39, 0.29) is 24.0 Å². The number of aryl methyl sites for hydroxylation is 2. The maximum atomic E-state index is 5.63. The molecule has 2 rings (SSSR count). The molecule has 0 atom stereocenters. The summed E-state index contributed by atoms with van der Waals surface area (Å²) in [6.07, 6.45) is 5.68. The van der Waals surface area contributed by atoms with Crippen molar-refractivity contribution in [1.82, 2.24) is 15.6 Å². The molecular formula is C17H31IN4OS. The Balaban J connectivity index is 0.00000288. The Kier molecular flexibility index (Phi) is 10.8. The monoisotopic (exact) mass is 466 g/mol. The number of halogens is 1. The van der Waals surface area contributed by atoms with Crippen molar-refractivity contribution in [2.45, 2.75) is 46.0 Å². The largest absolute Gasteiger partial charge is 0.381 e. The maximum absolute atomic E-state index is 5.63. The van der Waals surface area contributed by atoms with Gasteiger partial charge in [0.15, 0.2) is 5.96 Å². The Labute approximate surface area is 167 Å². The van der Waals surface area contributed by atoms with E-state index in [0.717, 1.165) is 57.4 Å². The lowest BCUT2D eigenvalue weighted by molar-refractivity contribution is 0.123. The summed E-state index contributed by atoms with van der Waals surface area (Å²) in [5.41, 5.74) is 1.23. The normalized spacial score (nSPS) is 14.4. The average molecular weight is 466 g/mol. The number of guanidine groups is 1. The van der Waals surface area contributed by atoms with Crippen molar-refractivity contribution in [3.05, 3.63) is 15.6 Å². The van der Waals surface area contributed by atoms with Gasteiger partial charge >= 0.3 is 0 Å². The number of rotatable bonds is 10. The zero-order chi connectivity index (χ0) is 16.5. The molecule has 1 aliphatic carbocycles. The van der Waals surface area contributed by atoms with Gasteiger partial charge in [-0.1, -0.05) is 6.92 Å². The van der Waals surface area contributed by atoms with Gasteiger partial charge in [0, 0.05) is 44.6 Å². The SMILES string of the molecule is CCc1nc(CCNC(=NC)NCCCOCC2CC2)sc1C.I. The summed E-state index contributed by atoms with van der Waals surface area (Å²) >= 11 is 1.80. The second kappa shape index (κ2) is 12.0. The van der Waals surface area contributed by atoms with Gasteiger partial charge in [-0.2, -0.15) is 0 Å². The van der Waals surface area contributed by atoms with Crippen LogP contribution in [0.5, 0.6) is 0 Å². The summed E-state index contributed by atoms with van der Waals surface area (Å²) in [5.74, 6) is 1.70. The van der Waals surface area contributed by atoms with E-state index in [2.05, 4.69) is 34.5 Å². The number of nitrogens with one attached hydrogen (secondary N) is 2. The van der Waals surface area contributed by atoms with Gasteiger partial charge in [-0.05, 0) is 38.5 Å². The predicted molar refractivity (Wildman–Crippen MR) is 113 cm³/mol. The van der Waals surface area contributed by atoms with Crippen molar-refractivity contribution in [3.63, 3.8) is 0 Å². The molecule has 5 nitrogen and oxygen atoms in total. The van der Waals surface area contributed by atoms with Crippen LogP contribution in [0.2, 0.25) is 0 Å². The topological polar surface area (TPSA) is 58.5 Å². The summed E-state index contributed by atoms with van der Waals surface area (Å²) in [7, 11) is 1.81. The van der Waals surface area contributed by atoms with Gasteiger partial charge in [0.2, 0.25) is 0 Å². The Morgan fingerprint density at radius 1 is 1.33 bits per heavy atom. The maximum Gasteiger partial charge on any atom is 0.190 e. The minimum Gasteiger partial charge on any atom is -0.381 e. The van der Waals surface area contributed by atoms with E-state index in [1.807, 2.05) is 7.05 Å². The second-order valence-corrected chi connectivity index (χ2v) is 7.30. The van der Waals surface area contributed by atoms with Crippen LogP contribution in [0.3, 0.4) is 0 Å². The summed E-state index contributed by atoms with van der Waals surface area (Å²) in [4.78, 5) is 10.3. The molecule has 0 spiro atoms. The van der Waals surface area contributed by atoms with Crippen molar-refractivity contribution < 1.29 is 4.74 Å². The third-order valence-corrected chi connectivity index (χ3v) is 5.01. The quantitative estimate of drug-likeness (QED) is 0.241. The van der Waals surface area contributed by atoms with Crippen molar-refractivity contribution >= 4 is 41.3 Å². The fraction of sp³-hybridized carbons (Fsp3) is 0.765. The molecular weight excluding hydrogens is 435 g/mol. The van der Waals surface area contributed by atoms with Crippen molar-refractivity contribution in [2.24, 2.45) is 10.9 Å². The van der Waals surface area contributed by atoms with E-state index in [1.165, 1.54) is 28.4 Å². The molecule has 0 aliphatic heterocycles. The van der Waals surface area contributed by atoms with Gasteiger partial charge in [-0.15, -0.1) is 35.3 Å². The number of aliphatic imine (C=N–C) groups is 1. The second-order valence-electron chi connectivity index (χ2n) is 6.01. The fourth-order valence-corrected chi connectivity index (χ4v) is 3.37. The third-order valence-electron chi connectivity index (χ3n) is 3.94. The first-order valence-electron chi connectivity index (χ1n) is 8.70. The Bertz CT molecular complexity index is 503. The standard InChI is InChI=1S/C17H30N4OS.HI/c1-4-15-13(2)23-16(21-15)8-10-20-17(18-3)19-9-5-11-22-12-14-6-7-14;/h14H,4-12H2,1-3H3,(H2,18,19,20);1H. The zero-order valence-electron chi connectivity index (χ0n) is 15.1. The third kappa shape index (κ3) is 8.11. The summed E-state index contributed by atoms with van der Waals surface area (Å²) in [6.45, 7) is 7.83. The number of nitrogens with zero attached hydrogens (tertiary/aromatic N) is 2.